The van der Waals surface area contributed by atoms with Crippen LogP contribution in [-0.2, 0) is 0 Å². The summed E-state index contributed by atoms with van der Waals surface area (Å²) in [5.74, 6) is -0.500. The molecule has 1 amide bonds. The Morgan fingerprint density at radius 1 is 1.25 bits per heavy atom. The summed E-state index contributed by atoms with van der Waals surface area (Å²) >= 11 is 5.84. The fraction of sp³-hybridized carbons (Fsp3) is 0.474. The van der Waals surface area contributed by atoms with Gasteiger partial charge in [-0.3, -0.25) is 9.59 Å². The molecule has 0 aliphatic carbocycles. The molecule has 2 aromatic rings. The van der Waals surface area contributed by atoms with Crippen molar-refractivity contribution >= 4 is 23.7 Å². The van der Waals surface area contributed by atoms with Crippen molar-refractivity contribution in [1.82, 2.24) is 25.7 Å². The molecule has 1 aromatic carbocycles. The minimum atomic E-state index is -0.602. The van der Waals surface area contributed by atoms with Gasteiger partial charge >= 0.3 is 5.56 Å². The van der Waals surface area contributed by atoms with Crippen molar-refractivity contribution in [2.24, 2.45) is 5.10 Å². The largest absolute Gasteiger partial charge is 0.348 e. The van der Waals surface area contributed by atoms with Crippen molar-refractivity contribution in [3.05, 3.63) is 50.9 Å². The highest BCUT2D eigenvalue weighted by Crippen LogP contribution is 2.28. The van der Waals surface area contributed by atoms with E-state index in [-0.39, 0.29) is 22.8 Å². The zero-order valence-electron chi connectivity index (χ0n) is 16.4. The maximum Gasteiger partial charge on any atom is 0.320 e. The lowest BCUT2D eigenvalue weighted by Gasteiger charge is -2.46. The molecule has 1 fully saturated rings. The number of H-pyrrole nitrogens is 1. The van der Waals surface area contributed by atoms with Crippen molar-refractivity contribution in [3.8, 4) is 0 Å². The molecular formula is C19H25ClN6O2. The van der Waals surface area contributed by atoms with Crippen LogP contribution in [0.5, 0.6) is 0 Å². The minimum absolute atomic E-state index is 0.0548. The van der Waals surface area contributed by atoms with E-state index in [0.717, 1.165) is 23.2 Å². The number of halogens is 1. The first-order valence-electron chi connectivity index (χ1n) is 9.12. The molecular weight excluding hydrogens is 380 g/mol. The van der Waals surface area contributed by atoms with E-state index in [4.69, 9.17) is 11.6 Å². The molecule has 0 spiro atoms. The van der Waals surface area contributed by atoms with Crippen LogP contribution >= 0.6 is 11.6 Å². The first kappa shape index (κ1) is 20.3. The van der Waals surface area contributed by atoms with Gasteiger partial charge in [0.05, 0.1) is 6.21 Å². The molecule has 2 heterocycles. The Kier molecular flexibility index (Phi) is 5.45. The lowest BCUT2D eigenvalue weighted by molar-refractivity contribution is 0.0867. The molecule has 0 saturated carbocycles. The van der Waals surface area contributed by atoms with E-state index in [1.165, 1.54) is 6.21 Å². The van der Waals surface area contributed by atoms with Crippen LogP contribution < -0.4 is 16.2 Å². The van der Waals surface area contributed by atoms with Crippen LogP contribution in [0.2, 0.25) is 5.02 Å². The molecule has 0 atom stereocenters. The normalized spacial score (nSPS) is 19.0. The van der Waals surface area contributed by atoms with Gasteiger partial charge in [-0.1, -0.05) is 23.7 Å². The van der Waals surface area contributed by atoms with Gasteiger partial charge in [-0.05, 0) is 58.2 Å². The van der Waals surface area contributed by atoms with Gasteiger partial charge < -0.3 is 10.6 Å². The summed E-state index contributed by atoms with van der Waals surface area (Å²) in [5, 5.41) is 17.4. The topological polar surface area (TPSA) is 104 Å². The average molecular weight is 405 g/mol. The van der Waals surface area contributed by atoms with E-state index >= 15 is 0 Å². The van der Waals surface area contributed by atoms with Crippen molar-refractivity contribution in [3.63, 3.8) is 0 Å². The quantitative estimate of drug-likeness (QED) is 0.679. The van der Waals surface area contributed by atoms with Crippen LogP contribution in [0.3, 0.4) is 0 Å². The number of aromatic nitrogens is 3. The monoisotopic (exact) mass is 404 g/mol. The van der Waals surface area contributed by atoms with Gasteiger partial charge in [-0.25, -0.2) is 0 Å². The highest BCUT2D eigenvalue weighted by atomic mass is 35.5. The number of hydrogen-bond donors (Lipinski definition) is 3. The number of nitrogens with one attached hydrogen (secondary N) is 3. The molecule has 0 radical (unpaired) electrons. The van der Waals surface area contributed by atoms with Crippen LogP contribution in [0, 0.1) is 0 Å². The molecule has 1 aromatic heterocycles. The zero-order chi connectivity index (χ0) is 20.5. The van der Waals surface area contributed by atoms with E-state index < -0.39 is 11.5 Å². The van der Waals surface area contributed by atoms with Gasteiger partial charge in [-0.2, -0.15) is 10.3 Å². The summed E-state index contributed by atoms with van der Waals surface area (Å²) in [5.41, 5.74) is -0.281. The van der Waals surface area contributed by atoms with E-state index in [2.05, 4.69) is 53.7 Å². The molecule has 9 heteroatoms. The van der Waals surface area contributed by atoms with Crippen molar-refractivity contribution in [1.29, 1.82) is 0 Å². The molecule has 3 N–H and O–H groups in total. The van der Waals surface area contributed by atoms with Crippen LogP contribution in [-0.4, -0.2) is 44.3 Å². The van der Waals surface area contributed by atoms with Gasteiger partial charge in [0.25, 0.3) is 5.91 Å². The molecule has 0 unspecified atom stereocenters. The second-order valence-electron chi connectivity index (χ2n) is 8.44. The molecule has 3 rings (SSSR count). The van der Waals surface area contributed by atoms with E-state index in [1.54, 1.807) is 24.3 Å². The molecule has 1 saturated heterocycles. The third kappa shape index (κ3) is 4.88. The lowest BCUT2D eigenvalue weighted by atomic mass is 9.79. The number of rotatable bonds is 4. The summed E-state index contributed by atoms with van der Waals surface area (Å²) in [7, 11) is 0. The molecule has 28 heavy (non-hydrogen) atoms. The lowest BCUT2D eigenvalue weighted by Crippen LogP contribution is -2.62. The number of aromatic amines is 1. The zero-order valence-corrected chi connectivity index (χ0v) is 17.2. The van der Waals surface area contributed by atoms with Gasteiger partial charge in [0.2, 0.25) is 5.69 Å². The Labute approximate surface area is 168 Å². The molecule has 1 aliphatic rings. The third-order valence-electron chi connectivity index (χ3n) is 4.58. The summed E-state index contributed by atoms with van der Waals surface area (Å²) < 4.78 is 0. The highest BCUT2D eigenvalue weighted by Gasteiger charge is 2.38. The second kappa shape index (κ2) is 7.52. The maximum atomic E-state index is 12.6. The number of hydrogen-bond acceptors (Lipinski definition) is 5. The van der Waals surface area contributed by atoms with Crippen molar-refractivity contribution in [2.45, 2.75) is 57.7 Å². The van der Waals surface area contributed by atoms with Gasteiger partial charge in [-0.15, -0.1) is 9.89 Å². The van der Waals surface area contributed by atoms with Crippen LogP contribution in [0.1, 0.15) is 56.6 Å². The minimum Gasteiger partial charge on any atom is -0.348 e. The van der Waals surface area contributed by atoms with Gasteiger partial charge in [0, 0.05) is 22.1 Å². The number of amides is 1. The number of carbonyl (C=O) groups excluding carboxylic acids is 1. The fourth-order valence-corrected chi connectivity index (χ4v) is 3.99. The molecule has 150 valence electrons. The number of benzene rings is 1. The standard InChI is InChI=1S/C19H25ClN6O2/c1-18(2)9-14(10-19(3,4)24-18)22-16(27)15-17(28)26(25-23-15)21-11-12-5-7-13(20)8-6-12/h5-8,11,14,24-25H,9-10H2,1-4H3,(H,22,27). The SMILES string of the molecule is CC1(C)CC(NC(=O)c2n[nH]n(N=Cc3ccc(Cl)cc3)c2=O)CC(C)(C)N1. The number of nitrogens with zero attached hydrogens (tertiary/aromatic N) is 3. The summed E-state index contributed by atoms with van der Waals surface area (Å²) in [4.78, 5) is 26.0. The predicted molar refractivity (Wildman–Crippen MR) is 109 cm³/mol. The van der Waals surface area contributed by atoms with E-state index in [1.807, 2.05) is 0 Å². The smallest absolute Gasteiger partial charge is 0.320 e. The summed E-state index contributed by atoms with van der Waals surface area (Å²) in [6, 6.07) is 6.92. The van der Waals surface area contributed by atoms with Crippen LogP contribution in [0.4, 0.5) is 0 Å². The van der Waals surface area contributed by atoms with E-state index in [9.17, 15) is 9.59 Å². The van der Waals surface area contributed by atoms with Gasteiger partial charge in [0.15, 0.2) is 0 Å². The first-order valence-corrected chi connectivity index (χ1v) is 9.50. The molecule has 8 nitrogen and oxygen atoms in total. The summed E-state index contributed by atoms with van der Waals surface area (Å²) in [6.45, 7) is 8.39. The van der Waals surface area contributed by atoms with Crippen molar-refractivity contribution in [2.75, 3.05) is 0 Å². The molecule has 1 aliphatic heterocycles. The molecule has 0 bridgehead atoms. The Hall–Kier alpha value is -2.45. The maximum absolute atomic E-state index is 12.6. The highest BCUT2D eigenvalue weighted by molar-refractivity contribution is 6.30. The predicted octanol–water partition coefficient (Wildman–Crippen LogP) is 2.15. The van der Waals surface area contributed by atoms with Crippen LogP contribution in [0.15, 0.2) is 34.2 Å². The van der Waals surface area contributed by atoms with Gasteiger partial charge in [0.1, 0.15) is 0 Å². The summed E-state index contributed by atoms with van der Waals surface area (Å²) in [6.07, 6.45) is 3.00. The van der Waals surface area contributed by atoms with Crippen LogP contribution in [0.25, 0.3) is 0 Å². The first-order chi connectivity index (χ1) is 13.0. The van der Waals surface area contributed by atoms with E-state index in [0.29, 0.717) is 5.02 Å². The third-order valence-corrected chi connectivity index (χ3v) is 4.84. The average Bonchev–Trinajstić information content (AvgIpc) is 2.92. The Balaban J connectivity index is 1.71. The number of carbonyl (C=O) groups is 1. The second-order valence-corrected chi connectivity index (χ2v) is 8.88. The Morgan fingerprint density at radius 3 is 2.46 bits per heavy atom. The van der Waals surface area contributed by atoms with Crippen molar-refractivity contribution < 1.29 is 4.79 Å². The Morgan fingerprint density at radius 2 is 1.86 bits per heavy atom. The Bertz CT molecular complexity index is 926. The fourth-order valence-electron chi connectivity index (χ4n) is 3.87. The number of piperidine rings is 1.